The number of carbonyl (C=O) groups excluding carboxylic acids is 2. The van der Waals surface area contributed by atoms with Crippen molar-refractivity contribution in [3.05, 3.63) is 41.1 Å². The van der Waals surface area contributed by atoms with Gasteiger partial charge in [-0.2, -0.15) is 5.26 Å². The van der Waals surface area contributed by atoms with Gasteiger partial charge in [-0.25, -0.2) is 0 Å². The lowest BCUT2D eigenvalue weighted by atomic mass is 9.89. The highest BCUT2D eigenvalue weighted by atomic mass is 16.2. The highest BCUT2D eigenvalue weighted by molar-refractivity contribution is 6.08. The zero-order chi connectivity index (χ0) is 18.8. The first-order valence-corrected chi connectivity index (χ1v) is 9.57. The van der Waals surface area contributed by atoms with Crippen molar-refractivity contribution in [2.24, 2.45) is 0 Å². The molecule has 1 aliphatic carbocycles. The smallest absolute Gasteiger partial charge is 0.252 e. The third-order valence-electron chi connectivity index (χ3n) is 5.52. The summed E-state index contributed by atoms with van der Waals surface area (Å²) < 4.78 is 0. The Morgan fingerprint density at radius 3 is 2.89 bits per heavy atom. The molecule has 0 radical (unpaired) electrons. The van der Waals surface area contributed by atoms with E-state index in [0.29, 0.717) is 18.5 Å². The zero-order valence-corrected chi connectivity index (χ0v) is 15.2. The molecule has 138 valence electrons. The Hall–Kier alpha value is -2.94. The topological polar surface area (TPSA) is 86.1 Å². The summed E-state index contributed by atoms with van der Waals surface area (Å²) in [5.41, 5.74) is 3.49. The molecule has 2 aliphatic rings. The van der Waals surface area contributed by atoms with Crippen LogP contribution in [-0.2, 0) is 17.6 Å². The number of rotatable bonds is 3. The maximum atomic E-state index is 13.0. The van der Waals surface area contributed by atoms with Crippen LogP contribution in [0.15, 0.2) is 24.3 Å². The van der Waals surface area contributed by atoms with Crippen molar-refractivity contribution in [2.45, 2.75) is 44.6 Å². The van der Waals surface area contributed by atoms with Gasteiger partial charge in [-0.1, -0.05) is 18.2 Å². The molecule has 6 nitrogen and oxygen atoms in total. The standard InChI is InChI=1S/C21H22N4O2/c22-12-14-6-5-11-25(14)19(26)13-23-21(27)20-15-7-1-3-9-17(15)24-18-10-4-2-8-16(18)20/h1,3,7,9,14H,2,4-6,8,10-11,13H2,(H,23,27)/t14-/m0/s1. The van der Waals surface area contributed by atoms with E-state index in [2.05, 4.69) is 11.4 Å². The van der Waals surface area contributed by atoms with Gasteiger partial charge in [0.2, 0.25) is 5.91 Å². The lowest BCUT2D eigenvalue weighted by Crippen LogP contribution is -2.42. The molecule has 2 amide bonds. The largest absolute Gasteiger partial charge is 0.343 e. The molecule has 1 saturated heterocycles. The number of hydrogen-bond donors (Lipinski definition) is 1. The number of likely N-dealkylation sites (tertiary alicyclic amines) is 1. The monoisotopic (exact) mass is 362 g/mol. The maximum Gasteiger partial charge on any atom is 0.252 e. The number of carbonyl (C=O) groups is 2. The molecule has 0 saturated carbocycles. The van der Waals surface area contributed by atoms with E-state index in [1.807, 2.05) is 24.3 Å². The normalized spacial score (nSPS) is 18.8. The molecule has 6 heteroatoms. The van der Waals surface area contributed by atoms with Gasteiger partial charge in [-0.3, -0.25) is 14.6 Å². The Morgan fingerprint density at radius 2 is 2.04 bits per heavy atom. The molecule has 1 atom stereocenters. The van der Waals surface area contributed by atoms with Gasteiger partial charge in [0.25, 0.3) is 5.91 Å². The fourth-order valence-electron chi connectivity index (χ4n) is 4.18. The summed E-state index contributed by atoms with van der Waals surface area (Å²) in [6.45, 7) is 0.503. The van der Waals surface area contributed by atoms with Gasteiger partial charge in [0.15, 0.2) is 0 Å². The van der Waals surface area contributed by atoms with Crippen LogP contribution >= 0.6 is 0 Å². The predicted octanol–water partition coefficient (Wildman–Crippen LogP) is 2.36. The van der Waals surface area contributed by atoms with E-state index >= 15 is 0 Å². The van der Waals surface area contributed by atoms with Gasteiger partial charge >= 0.3 is 0 Å². The van der Waals surface area contributed by atoms with Crippen LogP contribution in [0.5, 0.6) is 0 Å². The number of aryl methyl sites for hydroxylation is 1. The van der Waals surface area contributed by atoms with Gasteiger partial charge < -0.3 is 10.2 Å². The minimum absolute atomic E-state index is 0.0809. The van der Waals surface area contributed by atoms with Gasteiger partial charge in [-0.05, 0) is 50.2 Å². The van der Waals surface area contributed by atoms with E-state index in [4.69, 9.17) is 10.2 Å². The van der Waals surface area contributed by atoms with Crippen LogP contribution in [0.1, 0.15) is 47.3 Å². The lowest BCUT2D eigenvalue weighted by Gasteiger charge is -2.22. The molecule has 1 aliphatic heterocycles. The van der Waals surface area contributed by atoms with Gasteiger partial charge in [-0.15, -0.1) is 0 Å². The van der Waals surface area contributed by atoms with Crippen molar-refractivity contribution in [2.75, 3.05) is 13.1 Å². The highest BCUT2D eigenvalue weighted by Crippen LogP contribution is 2.29. The quantitative estimate of drug-likeness (QED) is 0.908. The SMILES string of the molecule is N#C[C@@H]1CCCN1C(=O)CNC(=O)c1c2c(nc3ccccc13)CCCC2. The van der Waals surface area contributed by atoms with Crippen LogP contribution in [0, 0.1) is 11.3 Å². The van der Waals surface area contributed by atoms with Crippen molar-refractivity contribution >= 4 is 22.7 Å². The van der Waals surface area contributed by atoms with Crippen LogP contribution in [0.4, 0.5) is 0 Å². The first-order valence-electron chi connectivity index (χ1n) is 9.57. The van der Waals surface area contributed by atoms with Crippen molar-refractivity contribution in [3.8, 4) is 6.07 Å². The number of hydrogen-bond acceptors (Lipinski definition) is 4. The highest BCUT2D eigenvalue weighted by Gasteiger charge is 2.29. The number of para-hydroxylation sites is 1. The summed E-state index contributed by atoms with van der Waals surface area (Å²) in [5, 5.41) is 12.8. The summed E-state index contributed by atoms with van der Waals surface area (Å²) in [7, 11) is 0. The Balaban J connectivity index is 1.59. The molecule has 0 bridgehead atoms. The molecule has 1 aromatic heterocycles. The summed E-state index contributed by atoms with van der Waals surface area (Å²) in [6.07, 6.45) is 5.40. The second-order valence-corrected chi connectivity index (χ2v) is 7.19. The van der Waals surface area contributed by atoms with Crippen LogP contribution in [0.2, 0.25) is 0 Å². The summed E-state index contributed by atoms with van der Waals surface area (Å²) in [4.78, 5) is 31.8. The van der Waals surface area contributed by atoms with Crippen molar-refractivity contribution in [1.82, 2.24) is 15.2 Å². The number of benzene rings is 1. The molecular weight excluding hydrogens is 340 g/mol. The minimum atomic E-state index is -0.371. The number of fused-ring (bicyclic) bond motifs is 2. The van der Waals surface area contributed by atoms with E-state index in [9.17, 15) is 9.59 Å². The van der Waals surface area contributed by atoms with Crippen LogP contribution in [0.25, 0.3) is 10.9 Å². The third kappa shape index (κ3) is 3.25. The molecule has 2 aromatic rings. The van der Waals surface area contributed by atoms with Crippen molar-refractivity contribution < 1.29 is 9.59 Å². The fraction of sp³-hybridized carbons (Fsp3) is 0.429. The summed E-state index contributed by atoms with van der Waals surface area (Å²) in [6, 6.07) is 9.46. The molecule has 1 aromatic carbocycles. The van der Waals surface area contributed by atoms with Gasteiger partial charge in [0.05, 0.1) is 23.7 Å². The minimum Gasteiger partial charge on any atom is -0.343 e. The van der Waals surface area contributed by atoms with Gasteiger partial charge in [0, 0.05) is 17.6 Å². The Kier molecular flexibility index (Phi) is 4.76. The first kappa shape index (κ1) is 17.5. The van der Waals surface area contributed by atoms with Gasteiger partial charge in [0.1, 0.15) is 6.04 Å². The number of nitrogens with one attached hydrogen (secondary N) is 1. The average Bonchev–Trinajstić information content (AvgIpc) is 3.19. The van der Waals surface area contributed by atoms with Crippen LogP contribution < -0.4 is 5.32 Å². The number of nitrogens with zero attached hydrogens (tertiary/aromatic N) is 3. The van der Waals surface area contributed by atoms with E-state index in [1.165, 1.54) is 0 Å². The molecule has 2 heterocycles. The summed E-state index contributed by atoms with van der Waals surface area (Å²) in [5.74, 6) is -0.424. The second-order valence-electron chi connectivity index (χ2n) is 7.19. The zero-order valence-electron chi connectivity index (χ0n) is 15.2. The molecular formula is C21H22N4O2. The Morgan fingerprint density at radius 1 is 1.22 bits per heavy atom. The molecule has 0 spiro atoms. The number of nitriles is 1. The fourth-order valence-corrected chi connectivity index (χ4v) is 4.18. The molecule has 4 rings (SSSR count). The molecule has 1 N–H and O–H groups in total. The second kappa shape index (κ2) is 7.36. The Labute approximate surface area is 158 Å². The van der Waals surface area contributed by atoms with Crippen LogP contribution in [-0.4, -0.2) is 40.8 Å². The molecule has 0 unspecified atom stereocenters. The van der Waals surface area contributed by atoms with Crippen LogP contribution in [0.3, 0.4) is 0 Å². The van der Waals surface area contributed by atoms with Crippen molar-refractivity contribution in [3.63, 3.8) is 0 Å². The lowest BCUT2D eigenvalue weighted by molar-refractivity contribution is -0.130. The van der Waals surface area contributed by atoms with E-state index < -0.39 is 0 Å². The van der Waals surface area contributed by atoms with Crippen molar-refractivity contribution in [1.29, 1.82) is 5.26 Å². The third-order valence-corrected chi connectivity index (χ3v) is 5.52. The Bertz CT molecular complexity index is 947. The van der Waals surface area contributed by atoms with E-state index in [0.717, 1.165) is 54.3 Å². The number of aromatic nitrogens is 1. The molecule has 1 fully saturated rings. The maximum absolute atomic E-state index is 13.0. The summed E-state index contributed by atoms with van der Waals surface area (Å²) >= 11 is 0. The number of amides is 2. The van der Waals surface area contributed by atoms with E-state index in [-0.39, 0.29) is 24.4 Å². The number of pyridine rings is 1. The average molecular weight is 362 g/mol. The van der Waals surface area contributed by atoms with E-state index in [1.54, 1.807) is 4.90 Å². The first-order chi connectivity index (χ1) is 13.2. The molecule has 27 heavy (non-hydrogen) atoms. The predicted molar refractivity (Wildman–Crippen MR) is 101 cm³/mol.